The maximum absolute atomic E-state index is 3.12. The molecule has 7 atom stereocenters. The van der Waals surface area contributed by atoms with E-state index in [4.69, 9.17) is 0 Å². The standard InChI is InChI=1S/C23H42NSi/c1-23(2,3)17-11-12-21-19(14-17)20-13-16-9-7-8-10-18(16)22(20)24(21)15-25(4,5)6/h13,16-22H,7-12,14-15H2,1-6H3. The van der Waals surface area contributed by atoms with Gasteiger partial charge in [-0.2, -0.15) is 0 Å². The molecule has 0 N–H and O–H groups in total. The number of hydrogen-bond acceptors (Lipinski definition) is 1. The molecule has 0 bridgehead atoms. The maximum atomic E-state index is 3.12. The van der Waals surface area contributed by atoms with E-state index in [-0.39, 0.29) is 0 Å². The van der Waals surface area contributed by atoms with Crippen LogP contribution < -0.4 is 0 Å². The summed E-state index contributed by atoms with van der Waals surface area (Å²) in [4.78, 5) is 3.12. The molecule has 1 saturated heterocycles. The molecule has 1 radical (unpaired) electrons. The molecule has 0 aromatic carbocycles. The maximum Gasteiger partial charge on any atom is 0.0599 e. The minimum Gasteiger partial charge on any atom is -0.299 e. The van der Waals surface area contributed by atoms with Crippen LogP contribution in [-0.2, 0) is 0 Å². The fourth-order valence-corrected chi connectivity index (χ4v) is 8.73. The van der Waals surface area contributed by atoms with Gasteiger partial charge >= 0.3 is 0 Å². The second-order valence-electron chi connectivity index (χ2n) is 12.2. The van der Waals surface area contributed by atoms with Crippen LogP contribution in [-0.4, -0.2) is 31.2 Å². The Morgan fingerprint density at radius 2 is 1.68 bits per heavy atom. The molecule has 2 heteroatoms. The van der Waals surface area contributed by atoms with Gasteiger partial charge < -0.3 is 0 Å². The Morgan fingerprint density at radius 1 is 0.960 bits per heavy atom. The van der Waals surface area contributed by atoms with Crippen molar-refractivity contribution in [3.63, 3.8) is 0 Å². The zero-order valence-corrected chi connectivity index (χ0v) is 18.7. The van der Waals surface area contributed by atoms with E-state index in [1.165, 1.54) is 51.1 Å². The molecule has 4 aliphatic rings. The van der Waals surface area contributed by atoms with Crippen LogP contribution in [0.25, 0.3) is 0 Å². The van der Waals surface area contributed by atoms with Gasteiger partial charge in [-0.05, 0) is 79.7 Å². The van der Waals surface area contributed by atoms with Gasteiger partial charge in [0.25, 0.3) is 0 Å². The van der Waals surface area contributed by atoms with Gasteiger partial charge in [0, 0.05) is 12.1 Å². The van der Waals surface area contributed by atoms with E-state index in [0.29, 0.717) is 5.41 Å². The SMILES string of the molecule is CC(C)(C)C1CCC2C(C1)C1[CH]C3CCCCC3C1N2C[Si](C)(C)C. The molecule has 1 aliphatic heterocycles. The van der Waals surface area contributed by atoms with Crippen molar-refractivity contribution in [3.8, 4) is 0 Å². The highest BCUT2D eigenvalue weighted by Gasteiger charge is 2.59. The minimum atomic E-state index is -1.06. The van der Waals surface area contributed by atoms with Gasteiger partial charge in [0.15, 0.2) is 0 Å². The first kappa shape index (κ1) is 18.5. The highest BCUT2D eigenvalue weighted by Crippen LogP contribution is 2.59. The Bertz CT molecular complexity index is 487. The predicted molar refractivity (Wildman–Crippen MR) is 111 cm³/mol. The quantitative estimate of drug-likeness (QED) is 0.544. The summed E-state index contributed by atoms with van der Waals surface area (Å²) in [6.07, 6.45) is 14.8. The topological polar surface area (TPSA) is 3.24 Å². The van der Waals surface area contributed by atoms with Crippen molar-refractivity contribution in [2.45, 2.75) is 97.4 Å². The van der Waals surface area contributed by atoms with E-state index in [1.54, 1.807) is 0 Å². The van der Waals surface area contributed by atoms with Gasteiger partial charge in [0.2, 0.25) is 0 Å². The van der Waals surface area contributed by atoms with Gasteiger partial charge in [-0.1, -0.05) is 53.3 Å². The molecule has 1 heterocycles. The van der Waals surface area contributed by atoms with Crippen LogP contribution in [0.2, 0.25) is 19.6 Å². The normalized spacial score (nSPS) is 45.1. The molecular weight excluding hydrogens is 318 g/mol. The van der Waals surface area contributed by atoms with Crippen molar-refractivity contribution in [2.24, 2.45) is 35.0 Å². The van der Waals surface area contributed by atoms with Crippen LogP contribution in [0, 0.1) is 41.4 Å². The molecule has 0 amide bonds. The zero-order valence-electron chi connectivity index (χ0n) is 17.7. The van der Waals surface area contributed by atoms with Gasteiger partial charge in [-0.3, -0.25) is 4.90 Å². The van der Waals surface area contributed by atoms with E-state index >= 15 is 0 Å². The van der Waals surface area contributed by atoms with E-state index in [1.807, 2.05) is 0 Å². The van der Waals surface area contributed by atoms with Crippen molar-refractivity contribution in [2.75, 3.05) is 6.17 Å². The number of likely N-dealkylation sites (tertiary alicyclic amines) is 1. The lowest BCUT2D eigenvalue weighted by molar-refractivity contribution is 0.0746. The van der Waals surface area contributed by atoms with Gasteiger partial charge in [0.05, 0.1) is 8.07 Å². The lowest BCUT2D eigenvalue weighted by Gasteiger charge is -2.45. The number of hydrogen-bond donors (Lipinski definition) is 0. The summed E-state index contributed by atoms with van der Waals surface area (Å²) in [7, 11) is -1.06. The Morgan fingerprint density at radius 3 is 2.36 bits per heavy atom. The summed E-state index contributed by atoms with van der Waals surface area (Å²) in [5.74, 6) is 4.82. The molecular formula is C23H42NSi. The monoisotopic (exact) mass is 360 g/mol. The van der Waals surface area contributed by atoms with Crippen LogP contribution in [0.1, 0.15) is 65.7 Å². The smallest absolute Gasteiger partial charge is 0.0599 e. The van der Waals surface area contributed by atoms with Crippen molar-refractivity contribution >= 4 is 8.07 Å². The van der Waals surface area contributed by atoms with Crippen molar-refractivity contribution < 1.29 is 0 Å². The van der Waals surface area contributed by atoms with Gasteiger partial charge in [-0.15, -0.1) is 0 Å². The van der Waals surface area contributed by atoms with E-state index in [0.717, 1.165) is 41.7 Å². The van der Waals surface area contributed by atoms with Crippen LogP contribution in [0.15, 0.2) is 0 Å². The van der Waals surface area contributed by atoms with E-state index in [2.05, 4.69) is 51.7 Å². The molecule has 0 aromatic rings. The second kappa shape index (κ2) is 6.36. The molecule has 0 spiro atoms. The summed E-state index contributed by atoms with van der Waals surface area (Å²) in [5.41, 5.74) is 0.498. The second-order valence-corrected chi connectivity index (χ2v) is 17.7. The first-order chi connectivity index (χ1) is 11.6. The Kier molecular flexibility index (Phi) is 4.72. The molecule has 3 saturated carbocycles. The molecule has 7 unspecified atom stereocenters. The fraction of sp³-hybridized carbons (Fsp3) is 0.957. The Labute approximate surface area is 158 Å². The van der Waals surface area contributed by atoms with E-state index in [9.17, 15) is 0 Å². The summed E-state index contributed by atoms with van der Waals surface area (Å²) < 4.78 is 0. The minimum absolute atomic E-state index is 0.498. The third-order valence-electron chi connectivity index (χ3n) is 8.22. The van der Waals surface area contributed by atoms with Crippen LogP contribution in [0.4, 0.5) is 0 Å². The molecule has 0 aromatic heterocycles. The van der Waals surface area contributed by atoms with Crippen molar-refractivity contribution in [1.82, 2.24) is 4.90 Å². The number of nitrogens with zero attached hydrogens (tertiary/aromatic N) is 1. The van der Waals surface area contributed by atoms with Crippen LogP contribution >= 0.6 is 0 Å². The predicted octanol–water partition coefficient (Wildman–Crippen LogP) is 6.02. The van der Waals surface area contributed by atoms with E-state index < -0.39 is 8.07 Å². The summed E-state index contributed by atoms with van der Waals surface area (Å²) >= 11 is 0. The number of fused-ring (bicyclic) bond motifs is 5. The molecule has 143 valence electrons. The first-order valence-electron chi connectivity index (χ1n) is 11.3. The fourth-order valence-electron chi connectivity index (χ4n) is 7.19. The molecule has 1 nitrogen and oxygen atoms in total. The lowest BCUT2D eigenvalue weighted by Crippen LogP contribution is -2.50. The third kappa shape index (κ3) is 3.40. The largest absolute Gasteiger partial charge is 0.299 e. The van der Waals surface area contributed by atoms with Gasteiger partial charge in [-0.25, -0.2) is 0 Å². The van der Waals surface area contributed by atoms with Gasteiger partial charge in [0.1, 0.15) is 0 Å². The Hall–Kier alpha value is 0.177. The third-order valence-corrected chi connectivity index (χ3v) is 9.54. The summed E-state index contributed by atoms with van der Waals surface area (Å²) in [5, 5.41) is 0. The molecule has 25 heavy (non-hydrogen) atoms. The summed E-state index contributed by atoms with van der Waals surface area (Å²) in [6, 6.07) is 1.84. The average molecular weight is 361 g/mol. The average Bonchev–Trinajstić information content (AvgIpc) is 3.01. The highest BCUT2D eigenvalue weighted by molar-refractivity contribution is 6.76. The van der Waals surface area contributed by atoms with Crippen molar-refractivity contribution in [3.05, 3.63) is 6.42 Å². The molecule has 4 rings (SSSR count). The van der Waals surface area contributed by atoms with Crippen LogP contribution in [0.5, 0.6) is 0 Å². The highest BCUT2D eigenvalue weighted by atomic mass is 28.3. The summed E-state index contributed by atoms with van der Waals surface area (Å²) in [6.45, 7) is 15.2. The first-order valence-corrected chi connectivity index (χ1v) is 15.0. The Balaban J connectivity index is 1.61. The van der Waals surface area contributed by atoms with Crippen LogP contribution in [0.3, 0.4) is 0 Å². The zero-order chi connectivity index (χ0) is 18.0. The molecule has 4 fully saturated rings. The lowest BCUT2D eigenvalue weighted by atomic mass is 9.65. The molecule has 3 aliphatic carbocycles. The number of rotatable bonds is 2. The van der Waals surface area contributed by atoms with Crippen molar-refractivity contribution in [1.29, 1.82) is 0 Å².